The van der Waals surface area contributed by atoms with Gasteiger partial charge in [-0.2, -0.15) is 0 Å². The molecule has 128 valence electrons. The molecule has 0 aliphatic rings. The molecule has 0 saturated carbocycles. The van der Waals surface area contributed by atoms with E-state index in [1.54, 1.807) is 13.0 Å². The van der Waals surface area contributed by atoms with E-state index in [9.17, 15) is 17.6 Å². The summed E-state index contributed by atoms with van der Waals surface area (Å²) in [6, 6.07) is 8.13. The van der Waals surface area contributed by atoms with Gasteiger partial charge in [-0.15, -0.1) is 0 Å². The van der Waals surface area contributed by atoms with Crippen LogP contribution in [-0.2, 0) is 14.8 Å². The highest BCUT2D eigenvalue weighted by Gasteiger charge is 2.19. The topological polar surface area (TPSA) is 84.5 Å². The normalized spacial score (nSPS) is 11.0. The lowest BCUT2D eigenvalue weighted by Gasteiger charge is -2.13. The van der Waals surface area contributed by atoms with Crippen LogP contribution in [0.4, 0.5) is 15.8 Å². The minimum absolute atomic E-state index is 0.117. The molecule has 2 rings (SSSR count). The maximum atomic E-state index is 13.9. The number of amides is 1. The van der Waals surface area contributed by atoms with E-state index in [0.29, 0.717) is 11.3 Å². The number of rotatable bonds is 5. The van der Waals surface area contributed by atoms with Crippen molar-refractivity contribution in [2.75, 3.05) is 17.1 Å². The lowest BCUT2D eigenvalue weighted by atomic mass is 10.2. The van der Waals surface area contributed by atoms with E-state index in [4.69, 9.17) is 4.74 Å². The summed E-state index contributed by atoms with van der Waals surface area (Å²) < 4.78 is 46.0. The van der Waals surface area contributed by atoms with Crippen LogP contribution in [0.25, 0.3) is 0 Å². The maximum Gasteiger partial charge on any atom is 0.262 e. The van der Waals surface area contributed by atoms with E-state index < -0.39 is 15.8 Å². The molecule has 8 heteroatoms. The monoisotopic (exact) mass is 352 g/mol. The molecule has 0 aliphatic carbocycles. The first-order valence-electron chi connectivity index (χ1n) is 6.97. The van der Waals surface area contributed by atoms with Gasteiger partial charge in [-0.3, -0.25) is 9.52 Å². The van der Waals surface area contributed by atoms with E-state index in [1.807, 2.05) is 0 Å². The van der Waals surface area contributed by atoms with Crippen LogP contribution < -0.4 is 14.8 Å². The van der Waals surface area contributed by atoms with Crippen LogP contribution in [0, 0.1) is 12.7 Å². The number of hydrogen-bond acceptors (Lipinski definition) is 4. The van der Waals surface area contributed by atoms with Gasteiger partial charge >= 0.3 is 0 Å². The molecule has 0 unspecified atom stereocenters. The Bertz CT molecular complexity index is 882. The fourth-order valence-corrected chi connectivity index (χ4v) is 3.12. The number of benzene rings is 2. The van der Waals surface area contributed by atoms with Gasteiger partial charge in [-0.25, -0.2) is 12.8 Å². The van der Waals surface area contributed by atoms with Crippen LogP contribution in [0.2, 0.25) is 0 Å². The number of ether oxygens (including phenoxy) is 1. The molecule has 0 bridgehead atoms. The van der Waals surface area contributed by atoms with Gasteiger partial charge in [0.25, 0.3) is 10.0 Å². The number of carbonyl (C=O) groups excluding carboxylic acids is 1. The first-order valence-corrected chi connectivity index (χ1v) is 8.46. The number of anilines is 2. The SMILES string of the molecule is COc1cc(S(=O)(=O)Nc2ccc(C)cc2F)ccc1NC(C)=O. The molecule has 0 radical (unpaired) electrons. The molecule has 2 N–H and O–H groups in total. The molecule has 6 nitrogen and oxygen atoms in total. The van der Waals surface area contributed by atoms with Crippen LogP contribution in [0.5, 0.6) is 5.75 Å². The summed E-state index contributed by atoms with van der Waals surface area (Å²) in [6.07, 6.45) is 0. The van der Waals surface area contributed by atoms with Crippen molar-refractivity contribution in [3.8, 4) is 5.75 Å². The maximum absolute atomic E-state index is 13.9. The number of sulfonamides is 1. The summed E-state index contributed by atoms with van der Waals surface area (Å²) in [6.45, 7) is 3.03. The van der Waals surface area contributed by atoms with Crippen molar-refractivity contribution in [1.82, 2.24) is 0 Å². The van der Waals surface area contributed by atoms with Crippen LogP contribution in [-0.4, -0.2) is 21.4 Å². The molecule has 0 saturated heterocycles. The average molecular weight is 352 g/mol. The standard InChI is InChI=1S/C16H17FN2O4S/c1-10-4-6-14(13(17)8-10)19-24(21,22)12-5-7-15(18-11(2)20)16(9-12)23-3/h4-9,19H,1-3H3,(H,18,20). The molecule has 2 aromatic rings. The number of halogens is 1. The highest BCUT2D eigenvalue weighted by atomic mass is 32.2. The predicted octanol–water partition coefficient (Wildman–Crippen LogP) is 2.90. The molecule has 1 amide bonds. The Labute approximate surface area is 139 Å². The van der Waals surface area contributed by atoms with Gasteiger partial charge in [0.1, 0.15) is 11.6 Å². The van der Waals surface area contributed by atoms with Crippen LogP contribution in [0.3, 0.4) is 0 Å². The van der Waals surface area contributed by atoms with Crippen molar-refractivity contribution in [3.05, 3.63) is 47.8 Å². The van der Waals surface area contributed by atoms with Gasteiger partial charge in [0.05, 0.1) is 23.4 Å². The Morgan fingerprint density at radius 3 is 2.38 bits per heavy atom. The quantitative estimate of drug-likeness (QED) is 0.866. The second-order valence-corrected chi connectivity index (χ2v) is 6.81. The van der Waals surface area contributed by atoms with Crippen LogP contribution >= 0.6 is 0 Å². The Morgan fingerprint density at radius 1 is 1.12 bits per heavy atom. The average Bonchev–Trinajstić information content (AvgIpc) is 2.49. The highest BCUT2D eigenvalue weighted by Crippen LogP contribution is 2.29. The zero-order chi connectivity index (χ0) is 17.9. The van der Waals surface area contributed by atoms with E-state index in [1.165, 1.54) is 44.4 Å². The van der Waals surface area contributed by atoms with Crippen molar-refractivity contribution < 1.29 is 22.3 Å². The molecular weight excluding hydrogens is 335 g/mol. The van der Waals surface area contributed by atoms with Gasteiger partial charge in [0, 0.05) is 13.0 Å². The predicted molar refractivity (Wildman–Crippen MR) is 89.2 cm³/mol. The van der Waals surface area contributed by atoms with Crippen LogP contribution in [0.1, 0.15) is 12.5 Å². The van der Waals surface area contributed by atoms with E-state index in [2.05, 4.69) is 10.0 Å². The molecule has 2 aromatic carbocycles. The first kappa shape index (κ1) is 17.7. The van der Waals surface area contributed by atoms with E-state index >= 15 is 0 Å². The van der Waals surface area contributed by atoms with E-state index in [0.717, 1.165) is 0 Å². The molecule has 0 heterocycles. The van der Waals surface area contributed by atoms with Crippen molar-refractivity contribution >= 4 is 27.3 Å². The summed E-state index contributed by atoms with van der Waals surface area (Å²) >= 11 is 0. The molecule has 0 fully saturated rings. The zero-order valence-electron chi connectivity index (χ0n) is 13.4. The molecular formula is C16H17FN2O4S. The summed E-state index contributed by atoms with van der Waals surface area (Å²) in [5, 5.41) is 2.53. The highest BCUT2D eigenvalue weighted by molar-refractivity contribution is 7.92. The van der Waals surface area contributed by atoms with Gasteiger partial charge in [0.2, 0.25) is 5.91 Å². The summed E-state index contributed by atoms with van der Waals surface area (Å²) in [5.74, 6) is -0.804. The van der Waals surface area contributed by atoms with Crippen LogP contribution in [0.15, 0.2) is 41.3 Å². The van der Waals surface area contributed by atoms with Gasteiger partial charge in [-0.05, 0) is 36.8 Å². The molecule has 0 atom stereocenters. The minimum atomic E-state index is -4.01. The fourth-order valence-electron chi connectivity index (χ4n) is 2.04. The first-order chi connectivity index (χ1) is 11.2. The second kappa shape index (κ2) is 6.88. The number of hydrogen-bond donors (Lipinski definition) is 2. The number of nitrogens with one attached hydrogen (secondary N) is 2. The largest absolute Gasteiger partial charge is 0.495 e. The number of carbonyl (C=O) groups is 1. The van der Waals surface area contributed by atoms with Crippen molar-refractivity contribution in [3.63, 3.8) is 0 Å². The Morgan fingerprint density at radius 2 is 1.79 bits per heavy atom. The number of aryl methyl sites for hydroxylation is 1. The molecule has 0 aliphatic heterocycles. The molecule has 0 aromatic heterocycles. The van der Waals surface area contributed by atoms with Crippen molar-refractivity contribution in [2.24, 2.45) is 0 Å². The Kier molecular flexibility index (Phi) is 5.08. The third-order valence-electron chi connectivity index (χ3n) is 3.16. The lowest BCUT2D eigenvalue weighted by Crippen LogP contribution is -2.15. The second-order valence-electron chi connectivity index (χ2n) is 5.13. The third kappa shape index (κ3) is 4.02. The minimum Gasteiger partial charge on any atom is -0.495 e. The molecule has 0 spiro atoms. The Hall–Kier alpha value is -2.61. The van der Waals surface area contributed by atoms with Gasteiger partial charge in [-0.1, -0.05) is 6.07 Å². The van der Waals surface area contributed by atoms with Gasteiger partial charge < -0.3 is 10.1 Å². The Balaban J connectivity index is 2.36. The van der Waals surface area contributed by atoms with Crippen molar-refractivity contribution in [1.29, 1.82) is 0 Å². The summed E-state index contributed by atoms with van der Waals surface area (Å²) in [4.78, 5) is 11.0. The van der Waals surface area contributed by atoms with Crippen molar-refractivity contribution in [2.45, 2.75) is 18.7 Å². The summed E-state index contributed by atoms with van der Waals surface area (Å²) in [5.41, 5.74) is 0.868. The smallest absolute Gasteiger partial charge is 0.262 e. The van der Waals surface area contributed by atoms with Gasteiger partial charge in [0.15, 0.2) is 0 Å². The molecule has 24 heavy (non-hydrogen) atoms. The lowest BCUT2D eigenvalue weighted by molar-refractivity contribution is -0.114. The number of methoxy groups -OCH3 is 1. The fraction of sp³-hybridized carbons (Fsp3) is 0.188. The summed E-state index contributed by atoms with van der Waals surface area (Å²) in [7, 11) is -2.66. The third-order valence-corrected chi connectivity index (χ3v) is 4.53. The zero-order valence-corrected chi connectivity index (χ0v) is 14.2. The van der Waals surface area contributed by atoms with E-state index in [-0.39, 0.29) is 22.2 Å².